The molecule has 3 atom stereocenters. The number of hydrogen-bond acceptors (Lipinski definition) is 5. The van der Waals surface area contributed by atoms with Crippen molar-refractivity contribution in [2.24, 2.45) is 0 Å². The number of piperidine rings is 1. The van der Waals surface area contributed by atoms with Crippen molar-refractivity contribution in [3.8, 4) is 5.75 Å². The molecule has 0 unspecified atom stereocenters. The second-order valence-corrected chi connectivity index (χ2v) is 11.1. The number of benzene rings is 2. The van der Waals surface area contributed by atoms with E-state index >= 15 is 0 Å². The summed E-state index contributed by atoms with van der Waals surface area (Å²) in [5, 5.41) is 24.6. The molecule has 12 heteroatoms. The Morgan fingerprint density at radius 2 is 1.67 bits per heavy atom. The molecule has 1 aliphatic heterocycles. The van der Waals surface area contributed by atoms with Crippen LogP contribution in [0, 0.1) is 0 Å². The fraction of sp³-hybridized carbons (Fsp3) is 0.519. The van der Waals surface area contributed by atoms with Gasteiger partial charge in [-0.3, -0.25) is 0 Å². The predicted molar refractivity (Wildman–Crippen MR) is 130 cm³/mol. The Morgan fingerprint density at radius 3 is 2.26 bits per heavy atom. The third-order valence-corrected chi connectivity index (χ3v) is 7.64. The van der Waals surface area contributed by atoms with E-state index in [1.54, 1.807) is 13.8 Å². The van der Waals surface area contributed by atoms with Crippen LogP contribution in [0.25, 0.3) is 11.0 Å². The van der Waals surface area contributed by atoms with Gasteiger partial charge in [0.2, 0.25) is 0 Å². The zero-order valence-electron chi connectivity index (χ0n) is 21.3. The van der Waals surface area contributed by atoms with Crippen LogP contribution in [0.4, 0.5) is 26.3 Å². The summed E-state index contributed by atoms with van der Waals surface area (Å²) in [5.74, 6) is -0.0428. The molecule has 212 valence electrons. The molecule has 1 aliphatic carbocycles. The molecule has 0 radical (unpaired) electrons. The van der Waals surface area contributed by atoms with E-state index in [0.29, 0.717) is 18.4 Å². The zero-order chi connectivity index (χ0) is 28.4. The number of nitrogens with one attached hydrogen (secondary N) is 1. The lowest BCUT2D eigenvalue weighted by Gasteiger charge is -2.42. The Balaban J connectivity index is 1.35. The maximum atomic E-state index is 14.1. The fourth-order valence-electron chi connectivity index (χ4n) is 5.90. The summed E-state index contributed by atoms with van der Waals surface area (Å²) in [6.07, 6.45) is -6.86. The molecule has 0 amide bonds. The van der Waals surface area contributed by atoms with E-state index in [2.05, 4.69) is 10.3 Å². The quantitative estimate of drug-likeness (QED) is 0.358. The van der Waals surface area contributed by atoms with E-state index in [4.69, 9.17) is 4.74 Å². The Labute approximate surface area is 220 Å². The van der Waals surface area contributed by atoms with Crippen molar-refractivity contribution in [3.05, 3.63) is 59.4 Å². The van der Waals surface area contributed by atoms with E-state index in [0.717, 1.165) is 18.2 Å². The van der Waals surface area contributed by atoms with Crippen LogP contribution in [0.5, 0.6) is 5.75 Å². The molecule has 0 bridgehead atoms. The lowest BCUT2D eigenvalue weighted by Crippen LogP contribution is -2.53. The van der Waals surface area contributed by atoms with E-state index in [1.165, 1.54) is 29.1 Å². The average molecular weight is 558 g/mol. The van der Waals surface area contributed by atoms with Crippen LogP contribution in [0.3, 0.4) is 0 Å². The molecule has 1 aromatic heterocycles. The lowest BCUT2D eigenvalue weighted by atomic mass is 9.77. The summed E-state index contributed by atoms with van der Waals surface area (Å²) in [5.41, 5.74) is -3.71. The van der Waals surface area contributed by atoms with Gasteiger partial charge >= 0.3 is 12.4 Å². The molecular formula is C27H29F6N3O3. The maximum absolute atomic E-state index is 14.1. The largest absolute Gasteiger partial charge is 0.492 e. The second-order valence-electron chi connectivity index (χ2n) is 11.1. The number of hydrogen-bond donors (Lipinski definition) is 3. The maximum Gasteiger partial charge on any atom is 0.418 e. The molecule has 1 saturated heterocycles. The molecule has 0 spiro atoms. The smallest absolute Gasteiger partial charge is 0.418 e. The van der Waals surface area contributed by atoms with Gasteiger partial charge in [-0.05, 0) is 63.3 Å². The minimum absolute atomic E-state index is 0.0428. The van der Waals surface area contributed by atoms with Gasteiger partial charge in [0.1, 0.15) is 12.4 Å². The minimum Gasteiger partial charge on any atom is -0.492 e. The number of imidazole rings is 1. The highest BCUT2D eigenvalue weighted by atomic mass is 19.4. The number of aliphatic hydroxyl groups is 2. The Morgan fingerprint density at radius 1 is 1.00 bits per heavy atom. The van der Waals surface area contributed by atoms with E-state index in [1.807, 2.05) is 0 Å². The number of rotatable bonds is 5. The Bertz CT molecular complexity index is 1340. The van der Waals surface area contributed by atoms with Crippen LogP contribution in [0.2, 0.25) is 0 Å². The molecule has 6 nitrogen and oxygen atoms in total. The van der Waals surface area contributed by atoms with Gasteiger partial charge in [-0.25, -0.2) is 4.98 Å². The second kappa shape index (κ2) is 9.38. The molecule has 2 heterocycles. The van der Waals surface area contributed by atoms with Crippen LogP contribution in [0.1, 0.15) is 62.3 Å². The molecule has 2 fully saturated rings. The first-order chi connectivity index (χ1) is 18.0. The van der Waals surface area contributed by atoms with E-state index in [9.17, 15) is 36.6 Å². The number of ether oxygens (including phenoxy) is 1. The van der Waals surface area contributed by atoms with Crippen molar-refractivity contribution in [1.29, 1.82) is 0 Å². The number of halogens is 6. The number of fused-ring (bicyclic) bond motifs is 1. The standard InChI is InChI=1S/C27H29F6N3O3/c1-15-9-25(38,16-3-5-17(6-4-16)26(28,29)30)10-18(35-15)13-39-20-7-21(27(31,32)33)23-22(8-20)34-14-36(23)19-11-24(2,37)12-19/h3-8,14-15,18-19,35,37-38H,9-13H2,1-2H3/t15-,18-,19?,24?,25-/m0/s1. The van der Waals surface area contributed by atoms with Crippen LogP contribution in [0.15, 0.2) is 42.7 Å². The SMILES string of the molecule is C[C@H]1C[C@@](O)(c2ccc(C(F)(F)F)cc2)C[C@@H](COc2cc(C(F)(F)F)c3c(c2)ncn3C2CC(C)(O)C2)N1. The summed E-state index contributed by atoms with van der Waals surface area (Å²) in [7, 11) is 0. The third kappa shape index (κ3) is 5.59. The highest BCUT2D eigenvalue weighted by Crippen LogP contribution is 2.45. The van der Waals surface area contributed by atoms with Gasteiger partial charge in [-0.15, -0.1) is 0 Å². The summed E-state index contributed by atoms with van der Waals surface area (Å²) >= 11 is 0. The molecule has 39 heavy (non-hydrogen) atoms. The number of nitrogens with zero attached hydrogens (tertiary/aromatic N) is 2. The highest BCUT2D eigenvalue weighted by Gasteiger charge is 2.43. The van der Waals surface area contributed by atoms with Crippen molar-refractivity contribution in [2.75, 3.05) is 6.61 Å². The summed E-state index contributed by atoms with van der Waals surface area (Å²) in [6, 6.07) is 5.67. The van der Waals surface area contributed by atoms with Crippen LogP contribution < -0.4 is 10.1 Å². The van der Waals surface area contributed by atoms with Crippen LogP contribution >= 0.6 is 0 Å². The monoisotopic (exact) mass is 557 g/mol. The van der Waals surface area contributed by atoms with Crippen molar-refractivity contribution in [2.45, 2.75) is 81.2 Å². The summed E-state index contributed by atoms with van der Waals surface area (Å²) < 4.78 is 88.3. The Kier molecular flexibility index (Phi) is 6.67. The molecule has 5 rings (SSSR count). The van der Waals surface area contributed by atoms with Crippen molar-refractivity contribution >= 4 is 11.0 Å². The normalized spacial score (nSPS) is 29.8. The predicted octanol–water partition coefficient (Wildman–Crippen LogP) is 5.57. The molecule has 3 N–H and O–H groups in total. The summed E-state index contributed by atoms with van der Waals surface area (Å²) in [4.78, 5) is 4.16. The molecule has 2 aliphatic rings. The van der Waals surface area contributed by atoms with Crippen molar-refractivity contribution in [3.63, 3.8) is 0 Å². The van der Waals surface area contributed by atoms with Crippen LogP contribution in [-0.4, -0.2) is 44.1 Å². The van der Waals surface area contributed by atoms with Gasteiger partial charge in [0.05, 0.1) is 39.7 Å². The van der Waals surface area contributed by atoms with Crippen LogP contribution in [-0.2, 0) is 18.0 Å². The molecular weight excluding hydrogens is 528 g/mol. The topological polar surface area (TPSA) is 79.5 Å². The number of aromatic nitrogens is 2. The van der Waals surface area contributed by atoms with Gasteiger partial charge in [0.25, 0.3) is 0 Å². The van der Waals surface area contributed by atoms with Gasteiger partial charge < -0.3 is 24.8 Å². The van der Waals surface area contributed by atoms with E-state index in [-0.39, 0.29) is 48.3 Å². The number of alkyl halides is 6. The Hall–Kier alpha value is -2.83. The molecule has 2 aromatic carbocycles. The highest BCUT2D eigenvalue weighted by molar-refractivity contribution is 5.82. The first-order valence-corrected chi connectivity index (χ1v) is 12.6. The van der Waals surface area contributed by atoms with Gasteiger partial charge in [0, 0.05) is 24.2 Å². The third-order valence-electron chi connectivity index (χ3n) is 7.64. The molecule has 3 aromatic rings. The van der Waals surface area contributed by atoms with E-state index < -0.39 is 40.7 Å². The van der Waals surface area contributed by atoms with Gasteiger partial charge in [-0.2, -0.15) is 26.3 Å². The lowest BCUT2D eigenvalue weighted by molar-refractivity contribution is -0.138. The molecule has 1 saturated carbocycles. The first kappa shape index (κ1) is 27.7. The van der Waals surface area contributed by atoms with Gasteiger partial charge in [0.15, 0.2) is 0 Å². The van der Waals surface area contributed by atoms with Crippen molar-refractivity contribution < 1.29 is 41.3 Å². The minimum atomic E-state index is -4.68. The first-order valence-electron chi connectivity index (χ1n) is 12.6. The van der Waals surface area contributed by atoms with Crippen molar-refractivity contribution in [1.82, 2.24) is 14.9 Å². The fourth-order valence-corrected chi connectivity index (χ4v) is 5.90. The average Bonchev–Trinajstić information content (AvgIpc) is 3.22. The summed E-state index contributed by atoms with van der Waals surface area (Å²) in [6.45, 7) is 3.36. The van der Waals surface area contributed by atoms with Gasteiger partial charge in [-0.1, -0.05) is 12.1 Å². The zero-order valence-corrected chi connectivity index (χ0v) is 21.3.